The van der Waals surface area contributed by atoms with Crippen LogP contribution in [0, 0.1) is 0 Å². The van der Waals surface area contributed by atoms with Crippen LogP contribution in [-0.4, -0.2) is 31.4 Å². The molecular formula is C14H20N6. The van der Waals surface area contributed by atoms with Crippen LogP contribution in [0.5, 0.6) is 0 Å². The summed E-state index contributed by atoms with van der Waals surface area (Å²) in [5.41, 5.74) is 7.87. The topological polar surface area (TPSA) is 72.9 Å². The minimum absolute atomic E-state index is 0.336. The normalized spacial score (nSPS) is 19.6. The monoisotopic (exact) mass is 272 g/mol. The molecule has 1 unspecified atom stereocenters. The lowest BCUT2D eigenvalue weighted by atomic mass is 10.1. The van der Waals surface area contributed by atoms with E-state index in [0.29, 0.717) is 11.9 Å². The second-order valence-corrected chi connectivity index (χ2v) is 5.15. The van der Waals surface area contributed by atoms with Gasteiger partial charge in [0.25, 0.3) is 0 Å². The van der Waals surface area contributed by atoms with Gasteiger partial charge in [0.05, 0.1) is 17.4 Å². The molecule has 0 aliphatic carbocycles. The van der Waals surface area contributed by atoms with Crippen molar-refractivity contribution in [2.75, 3.05) is 12.3 Å². The van der Waals surface area contributed by atoms with Crippen molar-refractivity contribution in [3.05, 3.63) is 35.8 Å². The zero-order valence-corrected chi connectivity index (χ0v) is 11.7. The molecule has 0 bridgehead atoms. The number of nitrogens with two attached hydrogens (primary N) is 1. The van der Waals surface area contributed by atoms with Gasteiger partial charge in [-0.1, -0.05) is 0 Å². The van der Waals surface area contributed by atoms with E-state index < -0.39 is 0 Å². The molecule has 0 aromatic carbocycles. The average molecular weight is 272 g/mol. The predicted octanol–water partition coefficient (Wildman–Crippen LogP) is 1.61. The second kappa shape index (κ2) is 5.58. The lowest BCUT2D eigenvalue weighted by Crippen LogP contribution is -2.25. The molecule has 1 aliphatic rings. The predicted molar refractivity (Wildman–Crippen MR) is 76.7 cm³/mol. The summed E-state index contributed by atoms with van der Waals surface area (Å²) in [6, 6.07) is 6.24. The van der Waals surface area contributed by atoms with Crippen molar-refractivity contribution in [3.8, 4) is 0 Å². The average Bonchev–Trinajstić information content (AvgIpc) is 3.09. The number of nitrogen functional groups attached to an aromatic ring is 1. The molecule has 0 radical (unpaired) electrons. The van der Waals surface area contributed by atoms with Crippen LogP contribution in [0.3, 0.4) is 0 Å². The minimum atomic E-state index is 0.336. The molecule has 1 saturated heterocycles. The maximum Gasteiger partial charge on any atom is 0.146 e. The first kappa shape index (κ1) is 13.1. The molecule has 3 heterocycles. The van der Waals surface area contributed by atoms with Crippen LogP contribution in [0.1, 0.15) is 37.2 Å². The van der Waals surface area contributed by atoms with Crippen molar-refractivity contribution < 1.29 is 0 Å². The number of rotatable bonds is 4. The van der Waals surface area contributed by atoms with Crippen LogP contribution in [0.4, 0.5) is 5.82 Å². The number of likely N-dealkylation sites (tertiary alicyclic amines) is 1. The van der Waals surface area contributed by atoms with E-state index in [0.717, 1.165) is 31.7 Å². The van der Waals surface area contributed by atoms with E-state index in [4.69, 9.17) is 5.73 Å². The summed E-state index contributed by atoms with van der Waals surface area (Å²) in [6.45, 7) is 5.02. The molecular weight excluding hydrogens is 252 g/mol. The van der Waals surface area contributed by atoms with Crippen LogP contribution in [0.15, 0.2) is 24.4 Å². The summed E-state index contributed by atoms with van der Waals surface area (Å²) in [6.07, 6.45) is 4.18. The Morgan fingerprint density at radius 1 is 1.30 bits per heavy atom. The van der Waals surface area contributed by atoms with Crippen molar-refractivity contribution in [1.82, 2.24) is 24.9 Å². The van der Waals surface area contributed by atoms with Crippen LogP contribution in [0.2, 0.25) is 0 Å². The molecule has 2 aromatic rings. The third-order valence-corrected chi connectivity index (χ3v) is 3.88. The highest BCUT2D eigenvalue weighted by Gasteiger charge is 2.28. The van der Waals surface area contributed by atoms with Gasteiger partial charge in [0.1, 0.15) is 5.82 Å². The van der Waals surface area contributed by atoms with Gasteiger partial charge in [-0.05, 0) is 44.5 Å². The highest BCUT2D eigenvalue weighted by molar-refractivity contribution is 5.26. The van der Waals surface area contributed by atoms with E-state index in [1.165, 1.54) is 12.1 Å². The summed E-state index contributed by atoms with van der Waals surface area (Å²) < 4.78 is 2.05. The number of anilines is 1. The van der Waals surface area contributed by atoms with E-state index in [1.54, 1.807) is 0 Å². The lowest BCUT2D eigenvalue weighted by molar-refractivity contribution is 0.236. The van der Waals surface area contributed by atoms with E-state index >= 15 is 0 Å². The second-order valence-electron chi connectivity index (χ2n) is 5.15. The highest BCUT2D eigenvalue weighted by atomic mass is 15.3. The highest BCUT2D eigenvalue weighted by Crippen LogP contribution is 2.31. The first-order valence-corrected chi connectivity index (χ1v) is 7.11. The van der Waals surface area contributed by atoms with Crippen molar-refractivity contribution >= 4 is 5.82 Å². The first-order valence-electron chi connectivity index (χ1n) is 7.11. The zero-order valence-electron chi connectivity index (χ0n) is 11.7. The minimum Gasteiger partial charge on any atom is -0.382 e. The third-order valence-electron chi connectivity index (χ3n) is 3.88. The molecule has 6 heteroatoms. The van der Waals surface area contributed by atoms with Crippen LogP contribution >= 0.6 is 0 Å². The van der Waals surface area contributed by atoms with Gasteiger partial charge >= 0.3 is 0 Å². The molecule has 1 fully saturated rings. The molecule has 2 N–H and O–H groups in total. The van der Waals surface area contributed by atoms with E-state index in [1.807, 2.05) is 23.0 Å². The first-order chi connectivity index (χ1) is 9.78. The molecule has 1 aliphatic heterocycles. The Morgan fingerprint density at radius 3 is 2.95 bits per heavy atom. The molecule has 0 saturated carbocycles. The summed E-state index contributed by atoms with van der Waals surface area (Å²) in [5, 5.41) is 12.5. The van der Waals surface area contributed by atoms with E-state index in [9.17, 15) is 0 Å². The van der Waals surface area contributed by atoms with Gasteiger partial charge in [-0.25, -0.2) is 0 Å². The lowest BCUT2D eigenvalue weighted by Gasteiger charge is -2.23. The van der Waals surface area contributed by atoms with Crippen molar-refractivity contribution in [2.24, 2.45) is 0 Å². The van der Waals surface area contributed by atoms with Crippen LogP contribution < -0.4 is 5.73 Å². The Labute approximate surface area is 118 Å². The fourth-order valence-electron chi connectivity index (χ4n) is 2.87. The number of hydrogen-bond donors (Lipinski definition) is 1. The third kappa shape index (κ3) is 2.51. The van der Waals surface area contributed by atoms with Crippen LogP contribution in [0.25, 0.3) is 0 Å². The largest absolute Gasteiger partial charge is 0.382 e. The summed E-state index contributed by atoms with van der Waals surface area (Å²) in [5.74, 6) is 0.474. The smallest absolute Gasteiger partial charge is 0.146 e. The molecule has 6 nitrogen and oxygen atoms in total. The molecule has 0 spiro atoms. The van der Waals surface area contributed by atoms with Crippen molar-refractivity contribution in [1.29, 1.82) is 0 Å². The quantitative estimate of drug-likeness (QED) is 0.915. The Bertz CT molecular complexity index is 561. The SMILES string of the molecule is CCn1nccc1CN1CCCC1c1ccc(N)nn1. The zero-order chi connectivity index (χ0) is 13.9. The van der Waals surface area contributed by atoms with E-state index in [-0.39, 0.29) is 0 Å². The van der Waals surface area contributed by atoms with E-state index in [2.05, 4.69) is 33.2 Å². The Balaban J connectivity index is 1.77. The molecule has 0 amide bonds. The molecule has 106 valence electrons. The van der Waals surface area contributed by atoms with Crippen molar-refractivity contribution in [2.45, 2.75) is 38.9 Å². The fourth-order valence-corrected chi connectivity index (χ4v) is 2.87. The number of aryl methyl sites for hydroxylation is 1. The molecule has 1 atom stereocenters. The van der Waals surface area contributed by atoms with Crippen molar-refractivity contribution in [3.63, 3.8) is 0 Å². The molecule has 3 rings (SSSR count). The van der Waals surface area contributed by atoms with Gasteiger partial charge in [-0.3, -0.25) is 9.58 Å². The summed E-state index contributed by atoms with van der Waals surface area (Å²) in [7, 11) is 0. The fraction of sp³-hybridized carbons (Fsp3) is 0.500. The number of nitrogens with zero attached hydrogens (tertiary/aromatic N) is 5. The maximum absolute atomic E-state index is 5.61. The molecule has 20 heavy (non-hydrogen) atoms. The Kier molecular flexibility index (Phi) is 3.64. The summed E-state index contributed by atoms with van der Waals surface area (Å²) >= 11 is 0. The number of hydrogen-bond acceptors (Lipinski definition) is 5. The van der Waals surface area contributed by atoms with Gasteiger partial charge in [0.15, 0.2) is 0 Å². The van der Waals surface area contributed by atoms with Gasteiger partial charge in [0, 0.05) is 19.3 Å². The Morgan fingerprint density at radius 2 is 2.20 bits per heavy atom. The summed E-state index contributed by atoms with van der Waals surface area (Å²) in [4.78, 5) is 2.45. The maximum atomic E-state index is 5.61. The Hall–Kier alpha value is -1.95. The standard InChI is InChI=1S/C14H20N6/c1-2-20-11(7-8-16-20)10-19-9-3-4-13(19)12-5-6-14(15)18-17-12/h5-8,13H,2-4,9-10H2,1H3,(H2,15,18). The number of aromatic nitrogens is 4. The van der Waals surface area contributed by atoms with Gasteiger partial charge in [0.2, 0.25) is 0 Å². The van der Waals surface area contributed by atoms with Gasteiger partial charge in [-0.2, -0.15) is 10.2 Å². The van der Waals surface area contributed by atoms with Gasteiger partial charge in [-0.15, -0.1) is 5.10 Å². The van der Waals surface area contributed by atoms with Crippen LogP contribution in [-0.2, 0) is 13.1 Å². The van der Waals surface area contributed by atoms with Gasteiger partial charge < -0.3 is 5.73 Å². The molecule has 2 aromatic heterocycles.